The van der Waals surface area contributed by atoms with Gasteiger partial charge in [0, 0.05) is 12.3 Å². The van der Waals surface area contributed by atoms with Gasteiger partial charge in [0.15, 0.2) is 0 Å². The van der Waals surface area contributed by atoms with Crippen LogP contribution in [-0.4, -0.2) is 27.3 Å². The fourth-order valence-corrected chi connectivity index (χ4v) is 1.16. The number of aromatic nitrogens is 1. The predicted octanol–water partition coefficient (Wildman–Crippen LogP) is 2.37. The molecule has 0 aliphatic heterocycles. The molecule has 0 spiro atoms. The van der Waals surface area contributed by atoms with Crippen molar-refractivity contribution in [3.05, 3.63) is 30.1 Å². The summed E-state index contributed by atoms with van der Waals surface area (Å²) < 4.78 is 6.43. The fraction of sp³-hybridized carbons (Fsp3) is 0.333. The number of carbonyl (C=O) groups excluding carboxylic acids is 1. The number of hydrogen-bond donors (Lipinski definition) is 1. The van der Waals surface area contributed by atoms with E-state index in [0.29, 0.717) is 5.69 Å². The summed E-state index contributed by atoms with van der Waals surface area (Å²) in [5.74, 6) is -1.07. The molecule has 17 heavy (non-hydrogen) atoms. The molecule has 5 heteroatoms. The molecule has 1 aromatic heterocycles. The largest absolute Gasteiger partial charge is 0.478 e. The highest BCUT2D eigenvalue weighted by molar-refractivity contribution is 5.86. The van der Waals surface area contributed by atoms with Crippen LogP contribution in [0.1, 0.15) is 26.5 Å². The van der Waals surface area contributed by atoms with E-state index >= 15 is 0 Å². The van der Waals surface area contributed by atoms with Crippen molar-refractivity contribution >= 4 is 18.1 Å². The molecule has 1 N–H and O–H groups in total. The van der Waals surface area contributed by atoms with Gasteiger partial charge in [0.05, 0.1) is 5.69 Å². The van der Waals surface area contributed by atoms with E-state index in [9.17, 15) is 9.59 Å². The monoisotopic (exact) mass is 237 g/mol. The number of hydrogen-bond acceptors (Lipinski definition) is 3. The average molecular weight is 237 g/mol. The molecule has 1 heterocycles. The molecule has 0 aliphatic rings. The van der Waals surface area contributed by atoms with E-state index in [0.717, 1.165) is 6.08 Å². The molecule has 0 atom stereocenters. The summed E-state index contributed by atoms with van der Waals surface area (Å²) in [5.41, 5.74) is -0.128. The Morgan fingerprint density at radius 1 is 1.41 bits per heavy atom. The highest BCUT2D eigenvalue weighted by Crippen LogP contribution is 2.12. The minimum atomic E-state index is -1.07. The van der Waals surface area contributed by atoms with Gasteiger partial charge in [0.25, 0.3) is 0 Å². The van der Waals surface area contributed by atoms with Gasteiger partial charge < -0.3 is 9.84 Å². The van der Waals surface area contributed by atoms with E-state index in [4.69, 9.17) is 9.84 Å². The third kappa shape index (κ3) is 4.14. The highest BCUT2D eigenvalue weighted by Gasteiger charge is 2.18. The molecule has 92 valence electrons. The zero-order valence-electron chi connectivity index (χ0n) is 10.0. The Morgan fingerprint density at radius 2 is 2.06 bits per heavy atom. The first-order chi connectivity index (χ1) is 7.79. The van der Waals surface area contributed by atoms with Crippen LogP contribution in [0.2, 0.25) is 0 Å². The molecule has 0 radical (unpaired) electrons. The number of carboxylic acids is 1. The van der Waals surface area contributed by atoms with Gasteiger partial charge in [-0.05, 0) is 39.0 Å². The molecular formula is C12H15NO4. The van der Waals surface area contributed by atoms with Crippen molar-refractivity contribution in [3.8, 4) is 0 Å². The molecule has 0 aliphatic carbocycles. The Bertz CT molecular complexity index is 451. The molecular weight excluding hydrogens is 222 g/mol. The third-order valence-corrected chi connectivity index (χ3v) is 1.77. The number of rotatable bonds is 2. The number of ether oxygens (including phenoxy) is 1. The van der Waals surface area contributed by atoms with Crippen molar-refractivity contribution in [2.24, 2.45) is 0 Å². The summed E-state index contributed by atoms with van der Waals surface area (Å²) >= 11 is 0. The van der Waals surface area contributed by atoms with Gasteiger partial charge in [-0.1, -0.05) is 0 Å². The van der Waals surface area contributed by atoms with Gasteiger partial charge in [-0.25, -0.2) is 9.59 Å². The normalized spacial score (nSPS) is 11.7. The number of nitrogens with zero attached hydrogens (tertiary/aromatic N) is 1. The topological polar surface area (TPSA) is 68.5 Å². The first-order valence-electron chi connectivity index (χ1n) is 5.11. The van der Waals surface area contributed by atoms with Gasteiger partial charge >= 0.3 is 12.1 Å². The SMILES string of the molecule is CC(C)(C)OC(=O)n1cccc1C=CC(=O)O. The molecule has 1 aromatic rings. The van der Waals surface area contributed by atoms with E-state index in [2.05, 4.69) is 0 Å². The molecule has 0 unspecified atom stereocenters. The summed E-state index contributed by atoms with van der Waals surface area (Å²) in [5, 5.41) is 8.52. The van der Waals surface area contributed by atoms with E-state index < -0.39 is 17.7 Å². The Morgan fingerprint density at radius 3 is 2.59 bits per heavy atom. The lowest BCUT2D eigenvalue weighted by Gasteiger charge is -2.20. The number of carbonyl (C=O) groups is 2. The standard InChI is InChI=1S/C12H15NO4/c1-12(2,3)17-11(16)13-8-4-5-9(13)6-7-10(14)15/h4-8H,1-3H3,(H,14,15). The first kappa shape index (κ1) is 13.0. The Hall–Kier alpha value is -2.04. The molecule has 5 nitrogen and oxygen atoms in total. The molecule has 0 fully saturated rings. The maximum absolute atomic E-state index is 11.7. The number of aliphatic carboxylic acids is 1. The van der Waals surface area contributed by atoms with Gasteiger partial charge in [0.2, 0.25) is 0 Å². The molecule has 0 bridgehead atoms. The average Bonchev–Trinajstić information content (AvgIpc) is 2.59. The van der Waals surface area contributed by atoms with Crippen LogP contribution in [-0.2, 0) is 9.53 Å². The van der Waals surface area contributed by atoms with E-state index in [1.165, 1.54) is 16.8 Å². The van der Waals surface area contributed by atoms with Crippen LogP contribution in [0.15, 0.2) is 24.4 Å². The van der Waals surface area contributed by atoms with E-state index in [-0.39, 0.29) is 0 Å². The van der Waals surface area contributed by atoms with Crippen molar-refractivity contribution < 1.29 is 19.4 Å². The Balaban J connectivity index is 2.89. The maximum Gasteiger partial charge on any atom is 0.418 e. The van der Waals surface area contributed by atoms with Crippen molar-refractivity contribution in [2.45, 2.75) is 26.4 Å². The summed E-state index contributed by atoms with van der Waals surface area (Å²) in [6.07, 6.45) is 3.30. The predicted molar refractivity (Wildman–Crippen MR) is 62.7 cm³/mol. The minimum absolute atomic E-state index is 0.460. The summed E-state index contributed by atoms with van der Waals surface area (Å²) in [6, 6.07) is 3.27. The van der Waals surface area contributed by atoms with Crippen LogP contribution in [0.4, 0.5) is 4.79 Å². The smallest absolute Gasteiger partial charge is 0.418 e. The summed E-state index contributed by atoms with van der Waals surface area (Å²) in [7, 11) is 0. The molecule has 0 amide bonds. The van der Waals surface area contributed by atoms with Crippen LogP contribution in [0.25, 0.3) is 6.08 Å². The molecule has 0 aromatic carbocycles. The van der Waals surface area contributed by atoms with Crippen LogP contribution in [0, 0.1) is 0 Å². The minimum Gasteiger partial charge on any atom is -0.478 e. The lowest BCUT2D eigenvalue weighted by atomic mass is 10.2. The quantitative estimate of drug-likeness (QED) is 0.802. The van der Waals surface area contributed by atoms with Crippen molar-refractivity contribution in [1.29, 1.82) is 0 Å². The second kappa shape index (κ2) is 4.86. The van der Waals surface area contributed by atoms with Gasteiger partial charge in [-0.3, -0.25) is 4.57 Å². The highest BCUT2D eigenvalue weighted by atomic mass is 16.6. The second-order valence-electron chi connectivity index (χ2n) is 4.45. The number of carboxylic acid groups (broad SMARTS) is 1. The molecule has 1 rings (SSSR count). The third-order valence-electron chi connectivity index (χ3n) is 1.77. The van der Waals surface area contributed by atoms with Crippen LogP contribution < -0.4 is 0 Å². The summed E-state index contributed by atoms with van der Waals surface area (Å²) in [4.78, 5) is 22.1. The summed E-state index contributed by atoms with van der Waals surface area (Å²) in [6.45, 7) is 5.30. The van der Waals surface area contributed by atoms with Gasteiger partial charge in [-0.15, -0.1) is 0 Å². The van der Waals surface area contributed by atoms with Crippen LogP contribution >= 0.6 is 0 Å². The zero-order chi connectivity index (χ0) is 13.1. The van der Waals surface area contributed by atoms with Crippen molar-refractivity contribution in [1.82, 2.24) is 4.57 Å². The van der Waals surface area contributed by atoms with Crippen molar-refractivity contribution in [2.75, 3.05) is 0 Å². The maximum atomic E-state index is 11.7. The lowest BCUT2D eigenvalue weighted by Crippen LogP contribution is -2.27. The van der Waals surface area contributed by atoms with Crippen molar-refractivity contribution in [3.63, 3.8) is 0 Å². The Labute approximate surface area is 99.3 Å². The lowest BCUT2D eigenvalue weighted by molar-refractivity contribution is -0.131. The molecule has 0 saturated heterocycles. The molecule has 0 saturated carbocycles. The fourth-order valence-electron chi connectivity index (χ4n) is 1.16. The first-order valence-corrected chi connectivity index (χ1v) is 5.11. The van der Waals surface area contributed by atoms with E-state index in [1.54, 1.807) is 32.9 Å². The zero-order valence-corrected chi connectivity index (χ0v) is 10.0. The van der Waals surface area contributed by atoms with Gasteiger partial charge in [0.1, 0.15) is 5.60 Å². The van der Waals surface area contributed by atoms with Gasteiger partial charge in [-0.2, -0.15) is 0 Å². The van der Waals surface area contributed by atoms with Crippen LogP contribution in [0.3, 0.4) is 0 Å². The van der Waals surface area contributed by atoms with E-state index in [1.807, 2.05) is 0 Å². The van der Waals surface area contributed by atoms with Crippen LogP contribution in [0.5, 0.6) is 0 Å². The second-order valence-corrected chi connectivity index (χ2v) is 4.45. The Kier molecular flexibility index (Phi) is 3.73.